The monoisotopic (exact) mass is 345 g/mol. The van der Waals surface area contributed by atoms with Gasteiger partial charge in [-0.15, -0.1) is 11.3 Å². The van der Waals surface area contributed by atoms with Crippen LogP contribution in [0.5, 0.6) is 5.75 Å². The molecule has 1 atom stereocenters. The quantitative estimate of drug-likeness (QED) is 0.843. The number of hydrogen-bond acceptors (Lipinski definition) is 5. The summed E-state index contributed by atoms with van der Waals surface area (Å²) in [6.45, 7) is 2.20. The van der Waals surface area contributed by atoms with Crippen LogP contribution in [0, 0.1) is 0 Å². The van der Waals surface area contributed by atoms with E-state index < -0.39 is 0 Å². The summed E-state index contributed by atoms with van der Waals surface area (Å²) < 4.78 is 5.27. The number of rotatable bonds is 6. The summed E-state index contributed by atoms with van der Waals surface area (Å²) in [5, 5.41) is 7.14. The molecule has 0 saturated carbocycles. The van der Waals surface area contributed by atoms with Gasteiger partial charge < -0.3 is 15.4 Å². The Labute approximate surface area is 146 Å². The molecule has 1 aliphatic carbocycles. The molecule has 1 heterocycles. The Hall–Kier alpha value is -2.08. The molecule has 3 rings (SSSR count). The van der Waals surface area contributed by atoms with E-state index in [0.717, 1.165) is 29.3 Å². The van der Waals surface area contributed by atoms with Crippen molar-refractivity contribution in [3.8, 4) is 5.75 Å². The van der Waals surface area contributed by atoms with Gasteiger partial charge in [-0.05, 0) is 44.7 Å². The first-order chi connectivity index (χ1) is 11.7. The third kappa shape index (κ3) is 3.87. The predicted molar refractivity (Wildman–Crippen MR) is 96.8 cm³/mol. The first-order valence-electron chi connectivity index (χ1n) is 8.32. The zero-order valence-electron chi connectivity index (χ0n) is 14.1. The van der Waals surface area contributed by atoms with E-state index in [4.69, 9.17) is 9.72 Å². The number of nitrogens with zero attached hydrogens (tertiary/aromatic N) is 1. The number of thiazole rings is 1. The highest BCUT2D eigenvalue weighted by Crippen LogP contribution is 2.29. The fourth-order valence-corrected chi connectivity index (χ4v) is 4.03. The van der Waals surface area contributed by atoms with Crippen LogP contribution in [0.4, 0.5) is 5.69 Å². The molecule has 0 saturated heterocycles. The topological polar surface area (TPSA) is 63.2 Å². The highest BCUT2D eigenvalue weighted by Gasteiger charge is 2.19. The van der Waals surface area contributed by atoms with E-state index in [1.807, 2.05) is 31.2 Å². The van der Waals surface area contributed by atoms with E-state index >= 15 is 0 Å². The van der Waals surface area contributed by atoms with Crippen molar-refractivity contribution in [1.29, 1.82) is 0 Å². The van der Waals surface area contributed by atoms with Crippen molar-refractivity contribution in [2.45, 2.75) is 38.6 Å². The maximum absolute atomic E-state index is 12.2. The standard InChI is InChI=1S/C18H23N3O2S/c1-12(18-21-14-8-4-6-10-16(14)24-18)20-17(22)11-19-13-7-3-5-9-15(13)23-2/h3,5,7,9,12,19H,4,6,8,10-11H2,1-2H3,(H,20,22)/t12-/m0/s1. The van der Waals surface area contributed by atoms with Crippen molar-refractivity contribution in [3.05, 3.63) is 39.8 Å². The molecule has 2 N–H and O–H groups in total. The van der Waals surface area contributed by atoms with E-state index in [2.05, 4.69) is 10.6 Å². The number of carbonyl (C=O) groups excluding carboxylic acids is 1. The minimum Gasteiger partial charge on any atom is -0.495 e. The van der Waals surface area contributed by atoms with Gasteiger partial charge >= 0.3 is 0 Å². The second-order valence-corrected chi connectivity index (χ2v) is 7.09. The molecule has 5 nitrogen and oxygen atoms in total. The second kappa shape index (κ2) is 7.66. The smallest absolute Gasteiger partial charge is 0.239 e. The van der Waals surface area contributed by atoms with Crippen molar-refractivity contribution in [3.63, 3.8) is 0 Å². The SMILES string of the molecule is COc1ccccc1NCC(=O)N[C@@H](C)c1nc2c(s1)CCCC2. The predicted octanol–water partition coefficient (Wildman–Crippen LogP) is 3.32. The number of methoxy groups -OCH3 is 1. The second-order valence-electron chi connectivity index (χ2n) is 5.97. The van der Waals surface area contributed by atoms with Gasteiger partial charge in [0, 0.05) is 4.88 Å². The number of carbonyl (C=O) groups is 1. The van der Waals surface area contributed by atoms with Gasteiger partial charge in [0.05, 0.1) is 31.1 Å². The fraction of sp³-hybridized carbons (Fsp3) is 0.444. The van der Waals surface area contributed by atoms with Crippen LogP contribution in [0.25, 0.3) is 0 Å². The summed E-state index contributed by atoms with van der Waals surface area (Å²) >= 11 is 1.74. The Bertz CT molecular complexity index is 691. The molecule has 0 bridgehead atoms. The molecule has 1 aliphatic rings. The number of para-hydroxylation sites is 2. The number of amides is 1. The van der Waals surface area contributed by atoms with E-state index in [1.54, 1.807) is 18.4 Å². The van der Waals surface area contributed by atoms with Gasteiger partial charge in [0.25, 0.3) is 0 Å². The summed E-state index contributed by atoms with van der Waals surface area (Å²) in [7, 11) is 1.62. The Morgan fingerprint density at radius 1 is 1.33 bits per heavy atom. The molecular formula is C18H23N3O2S. The van der Waals surface area contributed by atoms with E-state index in [9.17, 15) is 4.79 Å². The lowest BCUT2D eigenvalue weighted by atomic mass is 10.0. The maximum atomic E-state index is 12.2. The zero-order chi connectivity index (χ0) is 16.9. The third-order valence-electron chi connectivity index (χ3n) is 4.16. The van der Waals surface area contributed by atoms with Crippen LogP contribution in [-0.2, 0) is 17.6 Å². The highest BCUT2D eigenvalue weighted by atomic mass is 32.1. The Morgan fingerprint density at radius 3 is 2.92 bits per heavy atom. The summed E-state index contributed by atoms with van der Waals surface area (Å²) in [5.74, 6) is 0.674. The van der Waals surface area contributed by atoms with Crippen molar-refractivity contribution in [1.82, 2.24) is 10.3 Å². The summed E-state index contributed by atoms with van der Waals surface area (Å²) in [4.78, 5) is 18.3. The Morgan fingerprint density at radius 2 is 2.12 bits per heavy atom. The lowest BCUT2D eigenvalue weighted by Crippen LogP contribution is -2.32. The van der Waals surface area contributed by atoms with Crippen LogP contribution in [0.3, 0.4) is 0 Å². The molecule has 0 fully saturated rings. The molecule has 1 aromatic carbocycles. The first kappa shape index (κ1) is 16.8. The molecule has 1 aromatic heterocycles. The average molecular weight is 345 g/mol. The first-order valence-corrected chi connectivity index (χ1v) is 9.13. The van der Waals surface area contributed by atoms with E-state index in [0.29, 0.717) is 0 Å². The van der Waals surface area contributed by atoms with Gasteiger partial charge in [-0.2, -0.15) is 0 Å². The maximum Gasteiger partial charge on any atom is 0.239 e. The molecule has 6 heteroatoms. The van der Waals surface area contributed by atoms with Crippen molar-refractivity contribution in [2.75, 3.05) is 19.0 Å². The number of aryl methyl sites for hydroxylation is 2. The molecule has 0 spiro atoms. The minimum absolute atomic E-state index is 0.0541. The number of ether oxygens (including phenoxy) is 1. The normalized spacial score (nSPS) is 14.6. The molecule has 0 aliphatic heterocycles. The average Bonchev–Trinajstić information content (AvgIpc) is 3.04. The van der Waals surface area contributed by atoms with E-state index in [-0.39, 0.29) is 18.5 Å². The molecule has 1 amide bonds. The highest BCUT2D eigenvalue weighted by molar-refractivity contribution is 7.11. The fourth-order valence-electron chi connectivity index (χ4n) is 2.88. The van der Waals surface area contributed by atoms with Crippen LogP contribution in [-0.4, -0.2) is 24.5 Å². The molecule has 0 unspecified atom stereocenters. The van der Waals surface area contributed by atoms with Crippen LogP contribution >= 0.6 is 11.3 Å². The van der Waals surface area contributed by atoms with Gasteiger partial charge in [-0.1, -0.05) is 12.1 Å². The zero-order valence-corrected chi connectivity index (χ0v) is 14.9. The lowest BCUT2D eigenvalue weighted by molar-refractivity contribution is -0.120. The number of anilines is 1. The number of fused-ring (bicyclic) bond motifs is 1. The number of benzene rings is 1. The molecule has 24 heavy (non-hydrogen) atoms. The molecule has 0 radical (unpaired) electrons. The third-order valence-corrected chi connectivity index (χ3v) is 5.50. The van der Waals surface area contributed by atoms with Gasteiger partial charge in [0.1, 0.15) is 10.8 Å². The Balaban J connectivity index is 1.55. The van der Waals surface area contributed by atoms with Gasteiger partial charge in [-0.25, -0.2) is 4.98 Å². The van der Waals surface area contributed by atoms with Gasteiger partial charge in [0.2, 0.25) is 5.91 Å². The van der Waals surface area contributed by atoms with Crippen LogP contribution in [0.1, 0.15) is 41.4 Å². The summed E-state index contributed by atoms with van der Waals surface area (Å²) in [5.41, 5.74) is 2.04. The Kier molecular flexibility index (Phi) is 5.35. The largest absolute Gasteiger partial charge is 0.495 e. The van der Waals surface area contributed by atoms with E-state index in [1.165, 1.54) is 23.4 Å². The van der Waals surface area contributed by atoms with Gasteiger partial charge in [0.15, 0.2) is 0 Å². The van der Waals surface area contributed by atoms with Gasteiger partial charge in [-0.3, -0.25) is 4.79 Å². The van der Waals surface area contributed by atoms with Crippen molar-refractivity contribution >= 4 is 22.9 Å². The lowest BCUT2D eigenvalue weighted by Gasteiger charge is -2.13. The summed E-state index contributed by atoms with van der Waals surface area (Å²) in [6, 6.07) is 7.50. The number of nitrogens with one attached hydrogen (secondary N) is 2. The van der Waals surface area contributed by atoms with Crippen molar-refractivity contribution in [2.24, 2.45) is 0 Å². The molecule has 2 aromatic rings. The molecule has 128 valence electrons. The van der Waals surface area contributed by atoms with Crippen LogP contribution in [0.15, 0.2) is 24.3 Å². The number of aromatic nitrogens is 1. The summed E-state index contributed by atoms with van der Waals surface area (Å²) in [6.07, 6.45) is 4.67. The number of hydrogen-bond donors (Lipinski definition) is 2. The molecular weight excluding hydrogens is 322 g/mol. The van der Waals surface area contributed by atoms with Crippen LogP contribution in [0.2, 0.25) is 0 Å². The van der Waals surface area contributed by atoms with Crippen LogP contribution < -0.4 is 15.4 Å². The van der Waals surface area contributed by atoms with Crippen molar-refractivity contribution < 1.29 is 9.53 Å². The minimum atomic E-state index is -0.0624.